The van der Waals surface area contributed by atoms with E-state index < -0.39 is 0 Å². The summed E-state index contributed by atoms with van der Waals surface area (Å²) in [6.07, 6.45) is 4.28. The fourth-order valence-electron chi connectivity index (χ4n) is 1.42. The van der Waals surface area contributed by atoms with Gasteiger partial charge < -0.3 is 5.32 Å². The molecule has 0 aliphatic carbocycles. The van der Waals surface area contributed by atoms with Gasteiger partial charge in [0.05, 0.1) is 0 Å². The number of aryl methyl sites for hydroxylation is 2. The van der Waals surface area contributed by atoms with Crippen LogP contribution in [0, 0.1) is 13.8 Å². The van der Waals surface area contributed by atoms with Crippen molar-refractivity contribution in [3.63, 3.8) is 0 Å². The maximum absolute atomic E-state index is 3.08. The lowest BCUT2D eigenvalue weighted by molar-refractivity contribution is 0.922. The molecule has 0 aliphatic rings. The molecule has 13 heavy (non-hydrogen) atoms. The predicted octanol–water partition coefficient (Wildman–Crippen LogP) is 2.54. The molecule has 1 N–H and O–H groups in total. The van der Waals surface area contributed by atoms with E-state index >= 15 is 0 Å². The first-order valence-corrected chi connectivity index (χ1v) is 4.62. The first kappa shape index (κ1) is 10.0. The van der Waals surface area contributed by atoms with Gasteiger partial charge >= 0.3 is 0 Å². The Bertz CT molecular complexity index is 280. The topological polar surface area (TPSA) is 12.0 Å². The van der Waals surface area contributed by atoms with Gasteiger partial charge in [0.1, 0.15) is 0 Å². The minimum absolute atomic E-state index is 0.924. The van der Waals surface area contributed by atoms with Crippen LogP contribution in [0.2, 0.25) is 0 Å². The summed E-state index contributed by atoms with van der Waals surface area (Å²) in [7, 11) is 1.95. The van der Waals surface area contributed by atoms with E-state index in [1.807, 2.05) is 7.05 Å². The molecule has 0 radical (unpaired) electrons. The van der Waals surface area contributed by atoms with Crippen LogP contribution in [0.3, 0.4) is 0 Å². The van der Waals surface area contributed by atoms with E-state index in [0.29, 0.717) is 0 Å². The van der Waals surface area contributed by atoms with E-state index in [1.165, 1.54) is 16.7 Å². The molecule has 0 saturated carbocycles. The molecule has 0 spiro atoms. The molecule has 0 saturated heterocycles. The quantitative estimate of drug-likeness (QED) is 0.744. The van der Waals surface area contributed by atoms with Gasteiger partial charge in [-0.2, -0.15) is 0 Å². The number of nitrogens with one attached hydrogen (secondary N) is 1. The Morgan fingerprint density at radius 2 is 1.77 bits per heavy atom. The number of rotatable bonds is 3. The van der Waals surface area contributed by atoms with Crippen LogP contribution >= 0.6 is 0 Å². The molecule has 0 aliphatic heterocycles. The van der Waals surface area contributed by atoms with Crippen molar-refractivity contribution in [3.05, 3.63) is 41.0 Å². The number of likely N-dealkylation sites (N-methyl/N-ethyl adjacent to an activating group) is 1. The highest BCUT2D eigenvalue weighted by atomic mass is 14.8. The van der Waals surface area contributed by atoms with Crippen molar-refractivity contribution in [2.75, 3.05) is 13.6 Å². The molecule has 0 unspecified atom stereocenters. The highest BCUT2D eigenvalue weighted by Gasteiger charge is 1.90. The Morgan fingerprint density at radius 3 is 2.31 bits per heavy atom. The normalized spacial score (nSPS) is 11.0. The average molecular weight is 175 g/mol. The standard InChI is InChI=1S/C12H17N/c1-10-7-11(2)9-12(8-10)5-4-6-13-3/h4-5,7-9,13H,6H2,1-3H3/b5-4+. The van der Waals surface area contributed by atoms with E-state index in [0.717, 1.165) is 6.54 Å². The first-order valence-electron chi connectivity index (χ1n) is 4.62. The van der Waals surface area contributed by atoms with Crippen molar-refractivity contribution >= 4 is 6.08 Å². The molecule has 1 aromatic rings. The van der Waals surface area contributed by atoms with Gasteiger partial charge in [-0.05, 0) is 26.5 Å². The van der Waals surface area contributed by atoms with Crippen LogP contribution in [-0.4, -0.2) is 13.6 Å². The second-order valence-corrected chi connectivity index (χ2v) is 3.38. The Kier molecular flexibility index (Phi) is 3.71. The summed E-state index contributed by atoms with van der Waals surface area (Å²) in [5.74, 6) is 0. The summed E-state index contributed by atoms with van der Waals surface area (Å²) in [6.45, 7) is 5.18. The zero-order valence-electron chi connectivity index (χ0n) is 8.59. The maximum Gasteiger partial charge on any atom is 0.0135 e. The summed E-state index contributed by atoms with van der Waals surface area (Å²) in [4.78, 5) is 0. The minimum atomic E-state index is 0.924. The molecule has 0 atom stereocenters. The predicted molar refractivity (Wildman–Crippen MR) is 58.9 cm³/mol. The van der Waals surface area contributed by atoms with Crippen LogP contribution in [0.4, 0.5) is 0 Å². The van der Waals surface area contributed by atoms with Crippen LogP contribution in [0.5, 0.6) is 0 Å². The van der Waals surface area contributed by atoms with Crippen molar-refractivity contribution in [1.82, 2.24) is 5.32 Å². The molecule has 0 amide bonds. The van der Waals surface area contributed by atoms with E-state index in [2.05, 4.69) is 49.5 Å². The highest BCUT2D eigenvalue weighted by molar-refractivity contribution is 5.51. The van der Waals surface area contributed by atoms with Crippen molar-refractivity contribution in [3.8, 4) is 0 Å². The van der Waals surface area contributed by atoms with E-state index in [-0.39, 0.29) is 0 Å². The monoisotopic (exact) mass is 175 g/mol. The summed E-state index contributed by atoms with van der Waals surface area (Å²) < 4.78 is 0. The fraction of sp³-hybridized carbons (Fsp3) is 0.333. The molecule has 0 fully saturated rings. The molecule has 0 aromatic heterocycles. The largest absolute Gasteiger partial charge is 0.316 e. The van der Waals surface area contributed by atoms with Gasteiger partial charge in [0.2, 0.25) is 0 Å². The molecular weight excluding hydrogens is 158 g/mol. The van der Waals surface area contributed by atoms with Crippen LogP contribution in [-0.2, 0) is 0 Å². The first-order chi connectivity index (χ1) is 6.22. The molecule has 70 valence electrons. The van der Waals surface area contributed by atoms with Gasteiger partial charge in [-0.25, -0.2) is 0 Å². The third-order valence-corrected chi connectivity index (χ3v) is 1.88. The van der Waals surface area contributed by atoms with Gasteiger partial charge in [-0.3, -0.25) is 0 Å². The summed E-state index contributed by atoms with van der Waals surface area (Å²) >= 11 is 0. The Labute approximate surface area is 80.5 Å². The van der Waals surface area contributed by atoms with Crippen molar-refractivity contribution in [2.45, 2.75) is 13.8 Å². The second-order valence-electron chi connectivity index (χ2n) is 3.38. The lowest BCUT2D eigenvalue weighted by Gasteiger charge is -1.99. The summed E-state index contributed by atoms with van der Waals surface area (Å²) in [5.41, 5.74) is 3.93. The molecule has 1 rings (SSSR count). The second kappa shape index (κ2) is 4.83. The van der Waals surface area contributed by atoms with Crippen LogP contribution in [0.25, 0.3) is 6.08 Å². The lowest BCUT2D eigenvalue weighted by atomic mass is 10.1. The highest BCUT2D eigenvalue weighted by Crippen LogP contribution is 2.09. The zero-order chi connectivity index (χ0) is 9.68. The SMILES string of the molecule is CNC/C=C/c1cc(C)cc(C)c1. The Hall–Kier alpha value is -1.08. The molecule has 0 bridgehead atoms. The Morgan fingerprint density at radius 1 is 1.15 bits per heavy atom. The maximum atomic E-state index is 3.08. The van der Waals surface area contributed by atoms with E-state index in [1.54, 1.807) is 0 Å². The van der Waals surface area contributed by atoms with Crippen molar-refractivity contribution in [2.24, 2.45) is 0 Å². The van der Waals surface area contributed by atoms with E-state index in [4.69, 9.17) is 0 Å². The van der Waals surface area contributed by atoms with Crippen molar-refractivity contribution < 1.29 is 0 Å². The van der Waals surface area contributed by atoms with Crippen LogP contribution < -0.4 is 5.32 Å². The van der Waals surface area contributed by atoms with Gasteiger partial charge in [-0.15, -0.1) is 0 Å². The van der Waals surface area contributed by atoms with Gasteiger partial charge in [0.15, 0.2) is 0 Å². The number of benzene rings is 1. The average Bonchev–Trinajstić information content (AvgIpc) is 2.03. The summed E-state index contributed by atoms with van der Waals surface area (Å²) in [5, 5.41) is 3.08. The van der Waals surface area contributed by atoms with Gasteiger partial charge in [0, 0.05) is 6.54 Å². The molecule has 0 heterocycles. The van der Waals surface area contributed by atoms with Gasteiger partial charge in [-0.1, -0.05) is 41.5 Å². The molecule has 1 aromatic carbocycles. The van der Waals surface area contributed by atoms with E-state index in [9.17, 15) is 0 Å². The fourth-order valence-corrected chi connectivity index (χ4v) is 1.42. The third kappa shape index (κ3) is 3.43. The minimum Gasteiger partial charge on any atom is -0.316 e. The molecular formula is C12H17N. The lowest BCUT2D eigenvalue weighted by Crippen LogP contribution is -2.03. The Balaban J connectivity index is 2.77. The van der Waals surface area contributed by atoms with Crippen molar-refractivity contribution in [1.29, 1.82) is 0 Å². The van der Waals surface area contributed by atoms with Gasteiger partial charge in [0.25, 0.3) is 0 Å². The zero-order valence-corrected chi connectivity index (χ0v) is 8.59. The molecule has 1 heteroatoms. The molecule has 1 nitrogen and oxygen atoms in total. The number of hydrogen-bond acceptors (Lipinski definition) is 1. The smallest absolute Gasteiger partial charge is 0.0135 e. The third-order valence-electron chi connectivity index (χ3n) is 1.88. The summed E-state index contributed by atoms with van der Waals surface area (Å²) in [6, 6.07) is 6.58. The van der Waals surface area contributed by atoms with Crippen LogP contribution in [0.1, 0.15) is 16.7 Å². The number of hydrogen-bond donors (Lipinski definition) is 1. The van der Waals surface area contributed by atoms with Crippen LogP contribution in [0.15, 0.2) is 24.3 Å².